The minimum atomic E-state index is -3.69. The molecule has 0 saturated carbocycles. The lowest BCUT2D eigenvalue weighted by Crippen LogP contribution is -2.43. The van der Waals surface area contributed by atoms with Crippen LogP contribution in [0.3, 0.4) is 0 Å². The summed E-state index contributed by atoms with van der Waals surface area (Å²) in [5, 5.41) is 3.34. The molecule has 3 aromatic rings. The van der Waals surface area contributed by atoms with E-state index in [9.17, 15) is 8.42 Å². The van der Waals surface area contributed by atoms with Gasteiger partial charge in [-0.15, -0.1) is 0 Å². The lowest BCUT2D eigenvalue weighted by atomic mass is 10.2. The molecule has 136 valence electrons. The van der Waals surface area contributed by atoms with Crippen LogP contribution in [0, 0.1) is 13.8 Å². The van der Waals surface area contributed by atoms with Crippen LogP contribution in [-0.4, -0.2) is 43.6 Å². The number of hydrogen-bond acceptors (Lipinski definition) is 5. The molecule has 4 rings (SSSR count). The number of hydrogen-bond donors (Lipinski definition) is 1. The van der Waals surface area contributed by atoms with Crippen molar-refractivity contribution in [1.29, 1.82) is 0 Å². The summed E-state index contributed by atoms with van der Waals surface area (Å²) in [6.45, 7) is 7.28. The molecule has 7 heteroatoms. The van der Waals surface area contributed by atoms with Crippen LogP contribution in [0.5, 0.6) is 0 Å². The fraction of sp³-hybridized carbons (Fsp3) is 0.316. The Labute approximate surface area is 153 Å². The Morgan fingerprint density at radius 3 is 2.38 bits per heavy atom. The number of para-hydroxylation sites is 1. The van der Waals surface area contributed by atoms with Crippen LogP contribution in [0.1, 0.15) is 11.4 Å². The van der Waals surface area contributed by atoms with Crippen molar-refractivity contribution in [1.82, 2.24) is 14.3 Å². The summed E-state index contributed by atoms with van der Waals surface area (Å²) in [6.07, 6.45) is 0. The molecule has 0 bridgehead atoms. The molecule has 1 N–H and O–H groups in total. The van der Waals surface area contributed by atoms with Crippen molar-refractivity contribution in [2.24, 2.45) is 0 Å². The van der Waals surface area contributed by atoms with Gasteiger partial charge in [-0.2, -0.15) is 0 Å². The Bertz CT molecular complexity index is 1050. The fourth-order valence-electron chi connectivity index (χ4n) is 3.46. The highest BCUT2D eigenvalue weighted by Crippen LogP contribution is 2.30. The van der Waals surface area contributed by atoms with Crippen LogP contribution < -0.4 is 10.2 Å². The number of piperazine rings is 1. The maximum Gasteiger partial charge on any atom is 0.269 e. The molecule has 2 aromatic carbocycles. The lowest BCUT2D eigenvalue weighted by molar-refractivity contribution is 0.587. The molecule has 1 aliphatic heterocycles. The highest BCUT2D eigenvalue weighted by molar-refractivity contribution is 7.90. The van der Waals surface area contributed by atoms with E-state index in [2.05, 4.69) is 15.2 Å². The number of imidazole rings is 1. The topological polar surface area (TPSA) is 67.2 Å². The summed E-state index contributed by atoms with van der Waals surface area (Å²) < 4.78 is 27.8. The summed E-state index contributed by atoms with van der Waals surface area (Å²) in [7, 11) is -3.69. The molecule has 6 nitrogen and oxygen atoms in total. The Hall–Kier alpha value is -2.38. The maximum absolute atomic E-state index is 13.2. The summed E-state index contributed by atoms with van der Waals surface area (Å²) in [5.41, 5.74) is 3.38. The monoisotopic (exact) mass is 370 g/mol. The highest BCUT2D eigenvalue weighted by Gasteiger charge is 2.24. The summed E-state index contributed by atoms with van der Waals surface area (Å²) in [5.74, 6) is 0.475. The minimum Gasteiger partial charge on any atom is -0.367 e. The third kappa shape index (κ3) is 2.77. The van der Waals surface area contributed by atoms with Crippen molar-refractivity contribution in [2.45, 2.75) is 18.7 Å². The van der Waals surface area contributed by atoms with Crippen LogP contribution in [0.4, 0.5) is 5.69 Å². The molecule has 0 radical (unpaired) electrons. The van der Waals surface area contributed by atoms with E-state index >= 15 is 0 Å². The molecule has 1 aliphatic rings. The molecule has 1 fully saturated rings. The molecule has 0 atom stereocenters. The molecular weight excluding hydrogens is 348 g/mol. The lowest BCUT2D eigenvalue weighted by Gasteiger charge is -2.29. The van der Waals surface area contributed by atoms with E-state index in [1.807, 2.05) is 37.3 Å². The first-order chi connectivity index (χ1) is 12.5. The first kappa shape index (κ1) is 17.1. The third-order valence-electron chi connectivity index (χ3n) is 4.80. The fourth-order valence-corrected chi connectivity index (χ4v) is 4.95. The van der Waals surface area contributed by atoms with Crippen LogP contribution in [0.2, 0.25) is 0 Å². The zero-order chi connectivity index (χ0) is 18.3. The molecule has 1 saturated heterocycles. The van der Waals surface area contributed by atoms with Gasteiger partial charge in [0, 0.05) is 26.2 Å². The molecule has 26 heavy (non-hydrogen) atoms. The van der Waals surface area contributed by atoms with E-state index in [4.69, 9.17) is 0 Å². The number of aryl methyl sites for hydroxylation is 2. The molecule has 0 spiro atoms. The second-order valence-electron chi connectivity index (χ2n) is 6.62. The predicted molar refractivity (Wildman–Crippen MR) is 103 cm³/mol. The predicted octanol–water partition coefficient (Wildman–Crippen LogP) is 2.30. The van der Waals surface area contributed by atoms with Gasteiger partial charge in [-0.25, -0.2) is 17.4 Å². The van der Waals surface area contributed by atoms with Crippen LogP contribution in [0.25, 0.3) is 11.0 Å². The molecule has 0 unspecified atom stereocenters. The van der Waals surface area contributed by atoms with Gasteiger partial charge in [0.1, 0.15) is 11.3 Å². The van der Waals surface area contributed by atoms with Gasteiger partial charge in [0.2, 0.25) is 0 Å². The van der Waals surface area contributed by atoms with E-state index in [0.29, 0.717) is 11.3 Å². The van der Waals surface area contributed by atoms with Gasteiger partial charge in [0.05, 0.1) is 16.1 Å². The van der Waals surface area contributed by atoms with Crippen LogP contribution in [-0.2, 0) is 10.0 Å². The Morgan fingerprint density at radius 2 is 1.69 bits per heavy atom. The van der Waals surface area contributed by atoms with Gasteiger partial charge in [-0.05, 0) is 38.1 Å². The van der Waals surface area contributed by atoms with Gasteiger partial charge in [-0.3, -0.25) is 0 Å². The molecular formula is C19H22N4O2S. The first-order valence-electron chi connectivity index (χ1n) is 8.74. The number of fused-ring (bicyclic) bond motifs is 1. The average molecular weight is 370 g/mol. The number of nitrogens with zero attached hydrogens (tertiary/aromatic N) is 3. The molecule has 2 heterocycles. The number of aromatic nitrogens is 2. The van der Waals surface area contributed by atoms with Crippen molar-refractivity contribution in [2.75, 3.05) is 31.1 Å². The van der Waals surface area contributed by atoms with Crippen LogP contribution in [0.15, 0.2) is 47.4 Å². The number of rotatable bonds is 3. The van der Waals surface area contributed by atoms with Gasteiger partial charge < -0.3 is 10.2 Å². The highest BCUT2D eigenvalue weighted by atomic mass is 32.2. The van der Waals surface area contributed by atoms with Crippen molar-refractivity contribution < 1.29 is 8.42 Å². The zero-order valence-electron chi connectivity index (χ0n) is 14.9. The van der Waals surface area contributed by atoms with E-state index < -0.39 is 10.0 Å². The second kappa shape index (κ2) is 6.41. The van der Waals surface area contributed by atoms with E-state index in [0.717, 1.165) is 42.9 Å². The standard InChI is InChI=1S/C19H22N4O2S/c1-14-6-8-16(9-7-14)26(24,25)23-15(2)21-19-17(4-3-5-18(19)23)22-12-10-20-11-13-22/h3-9,20H,10-13H2,1-2H3. The van der Waals surface area contributed by atoms with Gasteiger partial charge in [0.15, 0.2) is 0 Å². The van der Waals surface area contributed by atoms with Crippen molar-refractivity contribution in [3.63, 3.8) is 0 Å². The number of nitrogens with one attached hydrogen (secondary N) is 1. The van der Waals surface area contributed by atoms with Gasteiger partial charge in [-0.1, -0.05) is 23.8 Å². The Morgan fingerprint density at radius 1 is 1.00 bits per heavy atom. The van der Waals surface area contributed by atoms with E-state index in [1.54, 1.807) is 19.1 Å². The van der Waals surface area contributed by atoms with Crippen LogP contribution >= 0.6 is 0 Å². The third-order valence-corrected chi connectivity index (χ3v) is 6.61. The zero-order valence-corrected chi connectivity index (χ0v) is 15.8. The second-order valence-corrected chi connectivity index (χ2v) is 8.41. The van der Waals surface area contributed by atoms with E-state index in [1.165, 1.54) is 3.97 Å². The normalized spacial score (nSPS) is 15.5. The Kier molecular flexibility index (Phi) is 4.20. The maximum atomic E-state index is 13.2. The Balaban J connectivity index is 1.88. The summed E-state index contributed by atoms with van der Waals surface area (Å²) >= 11 is 0. The van der Waals surface area contributed by atoms with E-state index in [-0.39, 0.29) is 4.90 Å². The van der Waals surface area contributed by atoms with Gasteiger partial charge >= 0.3 is 0 Å². The molecule has 0 aliphatic carbocycles. The van der Waals surface area contributed by atoms with Crippen molar-refractivity contribution >= 4 is 26.7 Å². The first-order valence-corrected chi connectivity index (χ1v) is 10.2. The van der Waals surface area contributed by atoms with Crippen molar-refractivity contribution in [3.8, 4) is 0 Å². The SMILES string of the molecule is Cc1ccc(S(=O)(=O)n2c(C)nc3c(N4CCNCC4)cccc32)cc1. The smallest absolute Gasteiger partial charge is 0.269 e. The number of anilines is 1. The van der Waals surface area contributed by atoms with Gasteiger partial charge in [0.25, 0.3) is 10.0 Å². The molecule has 1 aromatic heterocycles. The largest absolute Gasteiger partial charge is 0.367 e. The van der Waals surface area contributed by atoms with Crippen molar-refractivity contribution in [3.05, 3.63) is 53.9 Å². The number of benzene rings is 2. The molecule has 0 amide bonds. The summed E-state index contributed by atoms with van der Waals surface area (Å²) in [4.78, 5) is 7.15. The average Bonchev–Trinajstić information content (AvgIpc) is 2.99. The quantitative estimate of drug-likeness (QED) is 0.766. The summed E-state index contributed by atoms with van der Waals surface area (Å²) in [6, 6.07) is 12.7. The minimum absolute atomic E-state index is 0.276.